The van der Waals surface area contributed by atoms with Gasteiger partial charge in [-0.15, -0.1) is 0 Å². The summed E-state index contributed by atoms with van der Waals surface area (Å²) < 4.78 is 31.5. The Hall–Kier alpha value is -3.05. The van der Waals surface area contributed by atoms with Crippen LogP contribution in [0, 0.1) is 11.8 Å². The molecular formula is C25H31ClF2N6O3. The monoisotopic (exact) mass is 536 g/mol. The first kappa shape index (κ1) is 27.0. The summed E-state index contributed by atoms with van der Waals surface area (Å²) in [6, 6.07) is 5.19. The van der Waals surface area contributed by atoms with E-state index in [4.69, 9.17) is 11.6 Å². The number of aldehydes is 1. The number of carbonyl (C=O) groups excluding carboxylic acids is 1. The molecule has 1 fully saturated rings. The summed E-state index contributed by atoms with van der Waals surface area (Å²) in [4.78, 5) is 34.7. The third-order valence-corrected chi connectivity index (χ3v) is 7.08. The van der Waals surface area contributed by atoms with Gasteiger partial charge in [-0.25, -0.2) is 18.6 Å². The lowest BCUT2D eigenvalue weighted by molar-refractivity contribution is -0.108. The molecule has 2 N–H and O–H groups in total. The average Bonchev–Trinajstić information content (AvgIpc) is 3.07. The third kappa shape index (κ3) is 5.47. The van der Waals surface area contributed by atoms with Crippen LogP contribution in [0.1, 0.15) is 34.1 Å². The van der Waals surface area contributed by atoms with E-state index >= 15 is 0 Å². The van der Waals surface area contributed by atoms with Crippen LogP contribution in [-0.2, 0) is 17.9 Å². The van der Waals surface area contributed by atoms with E-state index < -0.39 is 23.4 Å². The molecule has 12 heteroatoms. The number of nitrogens with zero attached hydrogens (tertiary/aromatic N) is 5. The number of rotatable bonds is 8. The van der Waals surface area contributed by atoms with Gasteiger partial charge in [0.2, 0.25) is 5.95 Å². The van der Waals surface area contributed by atoms with Gasteiger partial charge in [-0.3, -0.25) is 9.13 Å². The molecule has 0 spiro atoms. The number of hydrogen-bond donors (Lipinski definition) is 2. The van der Waals surface area contributed by atoms with Crippen LogP contribution in [0.3, 0.4) is 0 Å². The zero-order valence-corrected chi connectivity index (χ0v) is 22.0. The minimum Gasteiger partial charge on any atom is -0.390 e. The first-order valence-corrected chi connectivity index (χ1v) is 12.5. The SMILES string of the molecule is C[C@@H]1CN(c2ncc(Cl)c(Nc3ccc4c(c3)n(CCC(C)(C)O)c(=O)n4CC=O)n2)C[C@H](C)C1(F)F. The molecule has 3 aromatic rings. The van der Waals surface area contributed by atoms with Crippen LogP contribution >= 0.6 is 11.6 Å². The minimum atomic E-state index is -2.76. The Morgan fingerprint density at radius 3 is 2.51 bits per heavy atom. The van der Waals surface area contributed by atoms with E-state index in [-0.39, 0.29) is 36.9 Å². The number of anilines is 3. The number of aliphatic hydroxyl groups is 1. The summed E-state index contributed by atoms with van der Waals surface area (Å²) in [5, 5.41) is 13.5. The van der Waals surface area contributed by atoms with Gasteiger partial charge < -0.3 is 20.1 Å². The van der Waals surface area contributed by atoms with Gasteiger partial charge in [0.15, 0.2) is 5.82 Å². The maximum Gasteiger partial charge on any atom is 0.329 e. The average molecular weight is 537 g/mol. The predicted octanol–water partition coefficient (Wildman–Crippen LogP) is 4.08. The Morgan fingerprint density at radius 2 is 1.89 bits per heavy atom. The molecule has 1 aliphatic rings. The molecule has 1 saturated heterocycles. The summed E-state index contributed by atoms with van der Waals surface area (Å²) in [5.41, 5.74) is 0.395. The van der Waals surface area contributed by atoms with Gasteiger partial charge in [0.05, 0.1) is 29.4 Å². The molecule has 2 aromatic heterocycles. The van der Waals surface area contributed by atoms with E-state index in [1.54, 1.807) is 36.9 Å². The summed E-state index contributed by atoms with van der Waals surface area (Å²) >= 11 is 6.36. The smallest absolute Gasteiger partial charge is 0.329 e. The second-order valence-corrected chi connectivity index (χ2v) is 10.8. The topological polar surface area (TPSA) is 105 Å². The van der Waals surface area contributed by atoms with Crippen LogP contribution in [0.15, 0.2) is 29.2 Å². The summed E-state index contributed by atoms with van der Waals surface area (Å²) in [7, 11) is 0. The number of nitrogens with one attached hydrogen (secondary N) is 1. The van der Waals surface area contributed by atoms with Crippen molar-refractivity contribution in [3.63, 3.8) is 0 Å². The highest BCUT2D eigenvalue weighted by Gasteiger charge is 2.47. The largest absolute Gasteiger partial charge is 0.390 e. The number of hydrogen-bond acceptors (Lipinski definition) is 7. The molecule has 37 heavy (non-hydrogen) atoms. The minimum absolute atomic E-state index is 0.0928. The van der Waals surface area contributed by atoms with Gasteiger partial charge in [-0.05, 0) is 38.5 Å². The Balaban J connectivity index is 1.67. The second kappa shape index (κ2) is 10.0. The van der Waals surface area contributed by atoms with E-state index in [9.17, 15) is 23.5 Å². The number of halogens is 3. The van der Waals surface area contributed by atoms with Crippen molar-refractivity contribution >= 4 is 46.4 Å². The predicted molar refractivity (Wildman–Crippen MR) is 139 cm³/mol. The van der Waals surface area contributed by atoms with Gasteiger partial charge >= 0.3 is 5.69 Å². The quantitative estimate of drug-likeness (QED) is 0.418. The fourth-order valence-corrected chi connectivity index (χ4v) is 4.75. The van der Waals surface area contributed by atoms with Crippen molar-refractivity contribution in [2.45, 2.75) is 58.7 Å². The Kier molecular flexibility index (Phi) is 7.31. The number of piperidine rings is 1. The highest BCUT2D eigenvalue weighted by Crippen LogP contribution is 2.39. The molecule has 0 amide bonds. The molecule has 0 bridgehead atoms. The second-order valence-electron chi connectivity index (χ2n) is 10.4. The van der Waals surface area contributed by atoms with Gasteiger partial charge in [0.25, 0.3) is 5.92 Å². The lowest BCUT2D eigenvalue weighted by Gasteiger charge is -2.41. The van der Waals surface area contributed by atoms with Gasteiger partial charge in [0.1, 0.15) is 11.3 Å². The van der Waals surface area contributed by atoms with E-state index in [0.717, 1.165) is 0 Å². The maximum absolute atomic E-state index is 14.3. The molecule has 9 nitrogen and oxygen atoms in total. The molecule has 1 aliphatic heterocycles. The highest BCUT2D eigenvalue weighted by atomic mass is 35.5. The molecule has 0 aliphatic carbocycles. The van der Waals surface area contributed by atoms with Crippen molar-refractivity contribution in [1.29, 1.82) is 0 Å². The molecule has 2 atom stereocenters. The molecule has 0 radical (unpaired) electrons. The third-order valence-electron chi connectivity index (χ3n) is 6.80. The lowest BCUT2D eigenvalue weighted by Crippen LogP contribution is -2.52. The van der Waals surface area contributed by atoms with E-state index in [0.29, 0.717) is 41.2 Å². The van der Waals surface area contributed by atoms with Crippen LogP contribution < -0.4 is 15.9 Å². The molecule has 1 aromatic carbocycles. The van der Waals surface area contributed by atoms with Crippen LogP contribution in [-0.4, -0.2) is 55.1 Å². The number of aryl methyl sites for hydroxylation is 1. The van der Waals surface area contributed by atoms with Crippen LogP contribution in [0.4, 0.5) is 26.2 Å². The number of imidazole rings is 1. The van der Waals surface area contributed by atoms with Crippen molar-refractivity contribution in [1.82, 2.24) is 19.1 Å². The number of fused-ring (bicyclic) bond motifs is 1. The summed E-state index contributed by atoms with van der Waals surface area (Å²) in [5.74, 6) is -3.89. The van der Waals surface area contributed by atoms with E-state index in [1.165, 1.54) is 29.2 Å². The van der Waals surface area contributed by atoms with Crippen LogP contribution in [0.2, 0.25) is 5.02 Å². The van der Waals surface area contributed by atoms with Crippen molar-refractivity contribution < 1.29 is 18.7 Å². The summed E-state index contributed by atoms with van der Waals surface area (Å²) in [6.45, 7) is 6.74. The Labute approximate surface area is 218 Å². The van der Waals surface area contributed by atoms with Crippen molar-refractivity contribution in [3.8, 4) is 0 Å². The van der Waals surface area contributed by atoms with Crippen LogP contribution in [0.25, 0.3) is 11.0 Å². The van der Waals surface area contributed by atoms with Crippen molar-refractivity contribution in [2.75, 3.05) is 23.3 Å². The lowest BCUT2D eigenvalue weighted by atomic mass is 9.87. The van der Waals surface area contributed by atoms with Gasteiger partial charge in [-0.2, -0.15) is 4.98 Å². The highest BCUT2D eigenvalue weighted by molar-refractivity contribution is 6.32. The van der Waals surface area contributed by atoms with Crippen molar-refractivity contribution in [3.05, 3.63) is 39.9 Å². The molecule has 200 valence electrons. The number of carbonyl (C=O) groups is 1. The zero-order chi connectivity index (χ0) is 27.1. The normalized spacial score (nSPS) is 19.8. The van der Waals surface area contributed by atoms with E-state index in [1.807, 2.05) is 0 Å². The summed E-state index contributed by atoms with van der Waals surface area (Å²) in [6.07, 6.45) is 2.41. The Morgan fingerprint density at radius 1 is 1.22 bits per heavy atom. The number of benzene rings is 1. The molecule has 3 heterocycles. The first-order valence-electron chi connectivity index (χ1n) is 12.1. The zero-order valence-electron chi connectivity index (χ0n) is 21.2. The maximum atomic E-state index is 14.3. The first-order chi connectivity index (χ1) is 17.3. The van der Waals surface area contributed by atoms with Gasteiger partial charge in [0, 0.05) is 37.2 Å². The molecule has 0 saturated carbocycles. The van der Waals surface area contributed by atoms with E-state index in [2.05, 4.69) is 15.3 Å². The Bertz CT molecular complexity index is 1350. The number of alkyl halides is 2. The fourth-order valence-electron chi connectivity index (χ4n) is 4.61. The molecule has 0 unspecified atom stereocenters. The molecular weight excluding hydrogens is 506 g/mol. The van der Waals surface area contributed by atoms with Gasteiger partial charge in [-0.1, -0.05) is 25.4 Å². The number of aromatic nitrogens is 4. The van der Waals surface area contributed by atoms with Crippen molar-refractivity contribution in [2.24, 2.45) is 11.8 Å². The fraction of sp³-hybridized carbons (Fsp3) is 0.520. The standard InChI is InChI=1S/C25H31ClF2N6O3/c1-15-13-32(14-16(2)25(15,27)28)22-29-12-18(26)21(31-22)30-17-5-6-19-20(11-17)33(8-7-24(3,4)37)23(36)34(19)9-10-35/h5-6,10-12,15-16,37H,7-9,13-14H2,1-4H3,(H,29,30,31)/t15-,16+. The molecule has 4 rings (SSSR count). The van der Waals surface area contributed by atoms with Crippen LogP contribution in [0.5, 0.6) is 0 Å².